The molecule has 0 heterocycles. The number of sulfonamides is 1. The molecule has 8 heteroatoms. The lowest BCUT2D eigenvalue weighted by Crippen LogP contribution is -2.41. The first-order chi connectivity index (χ1) is 15.5. The van der Waals surface area contributed by atoms with Crippen LogP contribution in [0.15, 0.2) is 65.6 Å². The zero-order valence-corrected chi connectivity index (χ0v) is 21.2. The summed E-state index contributed by atoms with van der Waals surface area (Å²) in [6, 6.07) is 16.4. The number of anilines is 1. The zero-order chi connectivity index (χ0) is 24.3. The van der Waals surface area contributed by atoms with Gasteiger partial charge < -0.3 is 5.32 Å². The lowest BCUT2D eigenvalue weighted by atomic mass is 9.96. The Morgan fingerprint density at radius 3 is 2.24 bits per heavy atom. The summed E-state index contributed by atoms with van der Waals surface area (Å²) in [6.07, 6.45) is 0. The van der Waals surface area contributed by atoms with Gasteiger partial charge in [0.25, 0.3) is 10.0 Å². The Kier molecular flexibility index (Phi) is 7.73. The van der Waals surface area contributed by atoms with Gasteiger partial charge >= 0.3 is 0 Å². The molecule has 0 radical (unpaired) electrons. The van der Waals surface area contributed by atoms with Gasteiger partial charge in [-0.25, -0.2) is 8.42 Å². The molecule has 0 aliphatic heterocycles. The normalized spacial score (nSPS) is 12.3. The third-order valence-electron chi connectivity index (χ3n) is 5.54. The fraction of sp³-hybridized carbons (Fsp3) is 0.240. The molecule has 0 saturated carbocycles. The Labute approximate surface area is 205 Å². The molecule has 3 aromatic carbocycles. The summed E-state index contributed by atoms with van der Waals surface area (Å²) < 4.78 is 27.9. The first-order valence-electron chi connectivity index (χ1n) is 10.4. The lowest BCUT2D eigenvalue weighted by Gasteiger charge is -2.26. The van der Waals surface area contributed by atoms with Gasteiger partial charge in [-0.05, 0) is 74.2 Å². The van der Waals surface area contributed by atoms with Crippen molar-refractivity contribution < 1.29 is 13.2 Å². The van der Waals surface area contributed by atoms with Gasteiger partial charge in [-0.3, -0.25) is 9.10 Å². The van der Waals surface area contributed by atoms with E-state index in [-0.39, 0.29) is 26.7 Å². The molecule has 174 valence electrons. The first kappa shape index (κ1) is 25.1. The summed E-state index contributed by atoms with van der Waals surface area (Å²) >= 11 is 12.5. The number of aryl methyl sites for hydroxylation is 3. The fourth-order valence-corrected chi connectivity index (χ4v) is 5.55. The largest absolute Gasteiger partial charge is 0.348 e. The van der Waals surface area contributed by atoms with Crippen LogP contribution in [0.25, 0.3) is 0 Å². The number of hydrogen-bond donors (Lipinski definition) is 1. The SMILES string of the molecule is Cc1cc(C)c([C@H](C)NC(=O)CN(c2cccc(Cl)c2Cl)S(=O)(=O)c2ccccc2)cc1C. The van der Waals surface area contributed by atoms with Crippen molar-refractivity contribution in [1.29, 1.82) is 0 Å². The summed E-state index contributed by atoms with van der Waals surface area (Å²) in [7, 11) is -4.08. The van der Waals surface area contributed by atoms with Crippen molar-refractivity contribution in [3.8, 4) is 0 Å². The van der Waals surface area contributed by atoms with E-state index in [0.717, 1.165) is 21.0 Å². The molecule has 0 unspecified atom stereocenters. The van der Waals surface area contributed by atoms with E-state index in [2.05, 4.69) is 11.4 Å². The van der Waals surface area contributed by atoms with Crippen LogP contribution < -0.4 is 9.62 Å². The first-order valence-corrected chi connectivity index (χ1v) is 12.6. The Balaban J connectivity index is 1.95. The van der Waals surface area contributed by atoms with Gasteiger partial charge in [0, 0.05) is 0 Å². The average molecular weight is 505 g/mol. The molecule has 0 spiro atoms. The Bertz CT molecular complexity index is 1280. The molecular formula is C25H26Cl2N2O3S. The molecule has 0 saturated heterocycles. The number of halogens is 2. The van der Waals surface area contributed by atoms with Crippen LogP contribution in [0.4, 0.5) is 5.69 Å². The van der Waals surface area contributed by atoms with Crippen molar-refractivity contribution in [2.45, 2.75) is 38.6 Å². The number of amides is 1. The number of nitrogens with zero attached hydrogens (tertiary/aromatic N) is 1. The summed E-state index contributed by atoms with van der Waals surface area (Å²) in [4.78, 5) is 13.1. The van der Waals surface area contributed by atoms with Crippen molar-refractivity contribution in [2.24, 2.45) is 0 Å². The fourth-order valence-electron chi connectivity index (χ4n) is 3.65. The molecule has 33 heavy (non-hydrogen) atoms. The van der Waals surface area contributed by atoms with E-state index in [1.807, 2.05) is 33.8 Å². The minimum absolute atomic E-state index is 0.0481. The van der Waals surface area contributed by atoms with Gasteiger partial charge in [0.1, 0.15) is 6.54 Å². The van der Waals surface area contributed by atoms with Gasteiger partial charge in [-0.2, -0.15) is 0 Å². The van der Waals surface area contributed by atoms with Crippen molar-refractivity contribution >= 4 is 44.8 Å². The van der Waals surface area contributed by atoms with Gasteiger partial charge in [0.05, 0.1) is 26.7 Å². The van der Waals surface area contributed by atoms with E-state index >= 15 is 0 Å². The second-order valence-electron chi connectivity index (χ2n) is 7.98. The summed E-state index contributed by atoms with van der Waals surface area (Å²) in [5.74, 6) is -0.462. The minimum Gasteiger partial charge on any atom is -0.348 e. The molecule has 1 N–H and O–H groups in total. The molecule has 0 aromatic heterocycles. The van der Waals surface area contributed by atoms with Crippen LogP contribution in [-0.4, -0.2) is 20.9 Å². The molecule has 5 nitrogen and oxygen atoms in total. The maximum Gasteiger partial charge on any atom is 0.264 e. The molecule has 3 aromatic rings. The molecule has 0 fully saturated rings. The van der Waals surface area contributed by atoms with Crippen LogP contribution in [0, 0.1) is 20.8 Å². The van der Waals surface area contributed by atoms with E-state index < -0.39 is 22.5 Å². The highest BCUT2D eigenvalue weighted by Gasteiger charge is 2.29. The monoisotopic (exact) mass is 504 g/mol. The Hall–Kier alpha value is -2.54. The Morgan fingerprint density at radius 2 is 1.58 bits per heavy atom. The maximum absolute atomic E-state index is 13.5. The van der Waals surface area contributed by atoms with Gasteiger partial charge in [0.2, 0.25) is 5.91 Å². The maximum atomic E-state index is 13.5. The van der Waals surface area contributed by atoms with E-state index in [1.54, 1.807) is 30.3 Å². The quantitative estimate of drug-likeness (QED) is 0.429. The second kappa shape index (κ2) is 10.2. The molecule has 0 bridgehead atoms. The number of nitrogens with one attached hydrogen (secondary N) is 1. The van der Waals surface area contributed by atoms with E-state index in [0.29, 0.717) is 0 Å². The van der Waals surface area contributed by atoms with Crippen LogP contribution >= 0.6 is 23.2 Å². The predicted molar refractivity (Wildman–Crippen MR) is 135 cm³/mol. The molecule has 0 aliphatic carbocycles. The van der Waals surface area contributed by atoms with Gasteiger partial charge in [0.15, 0.2) is 0 Å². The van der Waals surface area contributed by atoms with Crippen LogP contribution in [0.3, 0.4) is 0 Å². The summed E-state index contributed by atoms with van der Waals surface area (Å²) in [5.41, 5.74) is 4.46. The average Bonchev–Trinajstić information content (AvgIpc) is 2.77. The van der Waals surface area contributed by atoms with Crippen molar-refractivity contribution in [3.63, 3.8) is 0 Å². The number of hydrogen-bond acceptors (Lipinski definition) is 3. The molecule has 3 rings (SSSR count). The van der Waals surface area contributed by atoms with Crippen molar-refractivity contribution in [3.05, 3.63) is 93.0 Å². The highest BCUT2D eigenvalue weighted by molar-refractivity contribution is 7.92. The topological polar surface area (TPSA) is 66.5 Å². The standard InChI is InChI=1S/C25H26Cl2N2O3S/c1-16-13-18(3)21(14-17(16)2)19(4)28-24(30)15-29(23-12-8-11-22(26)25(23)27)33(31,32)20-9-6-5-7-10-20/h5-14,19H,15H2,1-4H3,(H,28,30)/t19-/m0/s1. The predicted octanol–water partition coefficient (Wildman–Crippen LogP) is 5.99. The van der Waals surface area contributed by atoms with E-state index in [9.17, 15) is 13.2 Å². The summed E-state index contributed by atoms with van der Waals surface area (Å²) in [5, 5.41) is 3.18. The highest BCUT2D eigenvalue weighted by Crippen LogP contribution is 2.35. The zero-order valence-electron chi connectivity index (χ0n) is 18.9. The molecule has 1 amide bonds. The van der Waals surface area contributed by atoms with Crippen molar-refractivity contribution in [1.82, 2.24) is 5.32 Å². The highest BCUT2D eigenvalue weighted by atomic mass is 35.5. The van der Waals surface area contributed by atoms with E-state index in [1.165, 1.54) is 23.8 Å². The van der Waals surface area contributed by atoms with Gasteiger partial charge in [-0.1, -0.05) is 59.6 Å². The molecular weight excluding hydrogens is 479 g/mol. The van der Waals surface area contributed by atoms with Crippen LogP contribution in [0.1, 0.15) is 35.2 Å². The number of carbonyl (C=O) groups is 1. The minimum atomic E-state index is -4.08. The second-order valence-corrected chi connectivity index (χ2v) is 10.6. The number of rotatable bonds is 7. The third-order valence-corrected chi connectivity index (χ3v) is 8.13. The Morgan fingerprint density at radius 1 is 0.939 bits per heavy atom. The van der Waals surface area contributed by atoms with Crippen LogP contribution in [0.2, 0.25) is 10.0 Å². The van der Waals surface area contributed by atoms with Crippen LogP contribution in [0.5, 0.6) is 0 Å². The third kappa shape index (κ3) is 5.52. The summed E-state index contributed by atoms with van der Waals surface area (Å²) in [6.45, 7) is 7.46. The molecule has 1 atom stereocenters. The smallest absolute Gasteiger partial charge is 0.264 e. The van der Waals surface area contributed by atoms with E-state index in [4.69, 9.17) is 23.2 Å². The number of benzene rings is 3. The van der Waals surface area contributed by atoms with Crippen LogP contribution in [-0.2, 0) is 14.8 Å². The lowest BCUT2D eigenvalue weighted by molar-refractivity contribution is -0.120. The van der Waals surface area contributed by atoms with Gasteiger partial charge in [-0.15, -0.1) is 0 Å². The van der Waals surface area contributed by atoms with Crippen molar-refractivity contribution in [2.75, 3.05) is 10.8 Å². The number of carbonyl (C=O) groups excluding carboxylic acids is 1. The molecule has 0 aliphatic rings.